The van der Waals surface area contributed by atoms with E-state index in [0.717, 1.165) is 38.2 Å². The van der Waals surface area contributed by atoms with Gasteiger partial charge in [-0.25, -0.2) is 0 Å². The van der Waals surface area contributed by atoms with Crippen molar-refractivity contribution in [3.05, 3.63) is 34.1 Å². The Hall–Kier alpha value is -1.28. The van der Waals surface area contributed by atoms with Crippen molar-refractivity contribution in [3.8, 4) is 11.4 Å². The van der Waals surface area contributed by atoms with E-state index >= 15 is 0 Å². The monoisotopic (exact) mass is 470 g/mol. The van der Waals surface area contributed by atoms with Crippen LogP contribution >= 0.6 is 35.0 Å². The fourth-order valence-corrected chi connectivity index (χ4v) is 4.63. The molecule has 1 N–H and O–H groups in total. The number of piperidine rings is 1. The van der Waals surface area contributed by atoms with Gasteiger partial charge in [-0.15, -0.1) is 0 Å². The SMILES string of the molecule is CC(C)(C)SCCNC(=O)C1CCN(Cc2nc(-c3ccc(Cl)cc3Cl)no2)CC1. The Balaban J connectivity index is 1.44. The maximum absolute atomic E-state index is 12.4. The number of aromatic nitrogens is 2. The Bertz CT molecular complexity index is 861. The van der Waals surface area contributed by atoms with Crippen molar-refractivity contribution in [1.82, 2.24) is 20.4 Å². The normalized spacial score (nSPS) is 16.0. The molecular weight excluding hydrogens is 443 g/mol. The van der Waals surface area contributed by atoms with Gasteiger partial charge in [0, 0.05) is 33.5 Å². The fourth-order valence-electron chi connectivity index (χ4n) is 3.32. The van der Waals surface area contributed by atoms with Crippen LogP contribution in [0.15, 0.2) is 22.7 Å². The summed E-state index contributed by atoms with van der Waals surface area (Å²) < 4.78 is 5.62. The maximum atomic E-state index is 12.4. The molecule has 1 aromatic heterocycles. The molecule has 1 aliphatic rings. The van der Waals surface area contributed by atoms with Gasteiger partial charge in [-0.05, 0) is 44.1 Å². The van der Waals surface area contributed by atoms with Gasteiger partial charge in [-0.1, -0.05) is 49.1 Å². The van der Waals surface area contributed by atoms with Gasteiger partial charge < -0.3 is 9.84 Å². The molecule has 0 atom stereocenters. The number of likely N-dealkylation sites (tertiary alicyclic amines) is 1. The third-order valence-electron chi connectivity index (χ3n) is 4.89. The average molecular weight is 471 g/mol. The summed E-state index contributed by atoms with van der Waals surface area (Å²) in [5.41, 5.74) is 0.691. The lowest BCUT2D eigenvalue weighted by Crippen LogP contribution is -2.40. The van der Waals surface area contributed by atoms with Crippen molar-refractivity contribution in [2.75, 3.05) is 25.4 Å². The minimum absolute atomic E-state index is 0.0759. The van der Waals surface area contributed by atoms with Crippen molar-refractivity contribution in [2.45, 2.75) is 44.9 Å². The summed E-state index contributed by atoms with van der Waals surface area (Å²) >= 11 is 14.0. The highest BCUT2D eigenvalue weighted by Crippen LogP contribution is 2.29. The number of halogens is 2. The molecule has 30 heavy (non-hydrogen) atoms. The summed E-state index contributed by atoms with van der Waals surface area (Å²) in [5.74, 6) is 2.17. The number of hydrogen-bond acceptors (Lipinski definition) is 6. The highest BCUT2D eigenvalue weighted by atomic mass is 35.5. The number of carbonyl (C=O) groups is 1. The van der Waals surface area contributed by atoms with Crippen LogP contribution in [-0.4, -0.2) is 51.1 Å². The summed E-state index contributed by atoms with van der Waals surface area (Å²) in [6.07, 6.45) is 1.67. The van der Waals surface area contributed by atoms with Gasteiger partial charge >= 0.3 is 0 Å². The first-order chi connectivity index (χ1) is 14.2. The Morgan fingerprint density at radius 1 is 1.30 bits per heavy atom. The number of thioether (sulfide) groups is 1. The number of nitrogens with one attached hydrogen (secondary N) is 1. The predicted octanol–water partition coefficient (Wildman–Crippen LogP) is 4.90. The highest BCUT2D eigenvalue weighted by Gasteiger charge is 2.26. The zero-order chi connectivity index (χ0) is 21.7. The van der Waals surface area contributed by atoms with Crippen molar-refractivity contribution in [1.29, 1.82) is 0 Å². The first-order valence-corrected chi connectivity index (χ1v) is 11.9. The number of hydrogen-bond donors (Lipinski definition) is 1. The van der Waals surface area contributed by atoms with Gasteiger partial charge in [0.25, 0.3) is 0 Å². The molecule has 0 bridgehead atoms. The molecule has 9 heteroatoms. The molecule has 1 fully saturated rings. The van der Waals surface area contributed by atoms with Crippen molar-refractivity contribution in [3.63, 3.8) is 0 Å². The van der Waals surface area contributed by atoms with E-state index < -0.39 is 0 Å². The summed E-state index contributed by atoms with van der Waals surface area (Å²) in [4.78, 5) is 19.1. The predicted molar refractivity (Wildman–Crippen MR) is 123 cm³/mol. The van der Waals surface area contributed by atoms with E-state index in [1.54, 1.807) is 18.2 Å². The van der Waals surface area contributed by atoms with Gasteiger partial charge in [0.2, 0.25) is 17.6 Å². The van der Waals surface area contributed by atoms with Crippen LogP contribution < -0.4 is 5.32 Å². The third kappa shape index (κ3) is 6.87. The number of nitrogens with zero attached hydrogens (tertiary/aromatic N) is 3. The van der Waals surface area contributed by atoms with Crippen LogP contribution in [0.3, 0.4) is 0 Å². The largest absolute Gasteiger partial charge is 0.355 e. The molecule has 0 aliphatic carbocycles. The second-order valence-electron chi connectivity index (χ2n) is 8.44. The maximum Gasteiger partial charge on any atom is 0.241 e. The second-order valence-corrected chi connectivity index (χ2v) is 11.2. The topological polar surface area (TPSA) is 71.3 Å². The Morgan fingerprint density at radius 2 is 2.03 bits per heavy atom. The van der Waals surface area contributed by atoms with Crippen LogP contribution in [0, 0.1) is 5.92 Å². The summed E-state index contributed by atoms with van der Waals surface area (Å²) in [6, 6.07) is 5.19. The number of benzene rings is 1. The third-order valence-corrected chi connectivity index (χ3v) is 6.72. The van der Waals surface area contributed by atoms with E-state index in [-0.39, 0.29) is 16.6 Å². The zero-order valence-electron chi connectivity index (χ0n) is 17.6. The number of rotatable bonds is 7. The first-order valence-electron chi connectivity index (χ1n) is 10.1. The van der Waals surface area contributed by atoms with E-state index in [9.17, 15) is 4.79 Å². The molecular formula is C21H28Cl2N4O2S. The molecule has 164 valence electrons. The Morgan fingerprint density at radius 3 is 2.70 bits per heavy atom. The van der Waals surface area contributed by atoms with Crippen LogP contribution in [-0.2, 0) is 11.3 Å². The minimum Gasteiger partial charge on any atom is -0.355 e. The first kappa shape index (κ1) is 23.4. The van der Waals surface area contributed by atoms with E-state index in [4.69, 9.17) is 27.7 Å². The van der Waals surface area contributed by atoms with Gasteiger partial charge in [0.15, 0.2) is 0 Å². The van der Waals surface area contributed by atoms with E-state index in [1.165, 1.54) is 0 Å². The molecule has 1 aliphatic heterocycles. The molecule has 1 saturated heterocycles. The fraction of sp³-hybridized carbons (Fsp3) is 0.571. The van der Waals surface area contributed by atoms with E-state index in [2.05, 4.69) is 41.1 Å². The lowest BCUT2D eigenvalue weighted by Gasteiger charge is -2.30. The van der Waals surface area contributed by atoms with Gasteiger partial charge in [0.1, 0.15) is 0 Å². The van der Waals surface area contributed by atoms with Crippen LogP contribution in [0.4, 0.5) is 0 Å². The molecule has 3 rings (SSSR count). The van der Waals surface area contributed by atoms with Crippen LogP contribution in [0.25, 0.3) is 11.4 Å². The highest BCUT2D eigenvalue weighted by molar-refractivity contribution is 8.00. The Kier molecular flexibility index (Phi) is 8.07. The smallest absolute Gasteiger partial charge is 0.241 e. The van der Waals surface area contributed by atoms with Crippen molar-refractivity contribution >= 4 is 40.9 Å². The molecule has 2 aromatic rings. The second kappa shape index (κ2) is 10.4. The van der Waals surface area contributed by atoms with Crippen molar-refractivity contribution in [2.24, 2.45) is 5.92 Å². The summed E-state index contributed by atoms with van der Waals surface area (Å²) in [6.45, 7) is 9.50. The van der Waals surface area contributed by atoms with Gasteiger partial charge in [-0.3, -0.25) is 9.69 Å². The molecule has 0 spiro atoms. The molecule has 0 radical (unpaired) electrons. The molecule has 0 unspecified atom stereocenters. The lowest BCUT2D eigenvalue weighted by molar-refractivity contribution is -0.126. The average Bonchev–Trinajstić information content (AvgIpc) is 3.13. The van der Waals surface area contributed by atoms with Crippen LogP contribution in [0.5, 0.6) is 0 Å². The minimum atomic E-state index is 0.0759. The van der Waals surface area contributed by atoms with E-state index in [0.29, 0.717) is 33.9 Å². The Labute approximate surface area is 192 Å². The standard InChI is InChI=1S/C21H28Cl2N4O2S/c1-21(2,3)30-11-8-24-20(28)14-6-9-27(10-7-14)13-18-25-19(26-29-18)16-5-4-15(22)12-17(16)23/h4-5,12,14H,6-11,13H2,1-3H3,(H,24,28). The molecule has 1 aromatic carbocycles. The zero-order valence-corrected chi connectivity index (χ0v) is 19.9. The van der Waals surface area contributed by atoms with Gasteiger partial charge in [-0.2, -0.15) is 16.7 Å². The van der Waals surface area contributed by atoms with Crippen LogP contribution in [0.1, 0.15) is 39.5 Å². The molecule has 1 amide bonds. The molecule has 6 nitrogen and oxygen atoms in total. The van der Waals surface area contributed by atoms with Crippen molar-refractivity contribution < 1.29 is 9.32 Å². The molecule has 2 heterocycles. The lowest BCUT2D eigenvalue weighted by atomic mass is 9.96. The number of carbonyl (C=O) groups excluding carboxylic acids is 1. The quantitative estimate of drug-likeness (QED) is 0.579. The van der Waals surface area contributed by atoms with Gasteiger partial charge in [0.05, 0.1) is 11.6 Å². The summed E-state index contributed by atoms with van der Waals surface area (Å²) in [7, 11) is 0. The summed E-state index contributed by atoms with van der Waals surface area (Å²) in [5, 5.41) is 8.17. The van der Waals surface area contributed by atoms with E-state index in [1.807, 2.05) is 11.8 Å². The molecule has 0 saturated carbocycles. The van der Waals surface area contributed by atoms with Crippen LogP contribution in [0.2, 0.25) is 10.0 Å². The number of amides is 1.